The van der Waals surface area contributed by atoms with Crippen LogP contribution in [-0.4, -0.2) is 39.8 Å². The van der Waals surface area contributed by atoms with Gasteiger partial charge in [-0.15, -0.1) is 0 Å². The predicted octanol–water partition coefficient (Wildman–Crippen LogP) is 3.97. The summed E-state index contributed by atoms with van der Waals surface area (Å²) < 4.78 is 6.47. The summed E-state index contributed by atoms with van der Waals surface area (Å²) in [5, 5.41) is 11.3. The van der Waals surface area contributed by atoms with Crippen LogP contribution in [0.2, 0.25) is 0 Å². The number of nitro groups is 1. The van der Waals surface area contributed by atoms with Gasteiger partial charge in [-0.05, 0) is 57.5 Å². The zero-order valence-corrected chi connectivity index (χ0v) is 17.5. The number of carbonyl (C=O) groups excluding carboxylic acids is 1. The van der Waals surface area contributed by atoms with Crippen LogP contribution in [0.3, 0.4) is 0 Å². The topological polar surface area (TPSA) is 75.9 Å². The van der Waals surface area contributed by atoms with Crippen molar-refractivity contribution >= 4 is 50.9 Å². The van der Waals surface area contributed by atoms with E-state index in [0.29, 0.717) is 26.6 Å². The van der Waals surface area contributed by atoms with Crippen molar-refractivity contribution in [3.05, 3.63) is 73.9 Å². The van der Waals surface area contributed by atoms with Gasteiger partial charge in [0.05, 0.1) is 9.40 Å². The van der Waals surface area contributed by atoms with Gasteiger partial charge in [-0.25, -0.2) is 0 Å². The summed E-state index contributed by atoms with van der Waals surface area (Å²) in [6.07, 6.45) is 1.76. The molecule has 1 aliphatic heterocycles. The zero-order chi connectivity index (χ0) is 20.4. The molecule has 0 N–H and O–H groups in total. The zero-order valence-electron chi connectivity index (χ0n) is 15.1. The Balaban J connectivity index is 1.75. The number of rotatable bonds is 5. The van der Waals surface area contributed by atoms with E-state index >= 15 is 0 Å². The summed E-state index contributed by atoms with van der Waals surface area (Å²) in [4.78, 5) is 25.8. The number of carbonyl (C=O) groups is 1. The molecule has 9 heteroatoms. The lowest BCUT2D eigenvalue weighted by atomic mass is 10.1. The summed E-state index contributed by atoms with van der Waals surface area (Å²) >= 11 is 8.67. The van der Waals surface area contributed by atoms with Gasteiger partial charge in [0.1, 0.15) is 18.1 Å². The molecule has 3 rings (SSSR count). The minimum absolute atomic E-state index is 0.0235. The molecule has 0 aromatic heterocycles. The number of amides is 1. The maximum atomic E-state index is 12.3. The Labute approximate surface area is 175 Å². The molecule has 1 fully saturated rings. The Bertz CT molecular complexity index is 1010. The fraction of sp³-hybridized carbons (Fsp3) is 0.158. The SMILES string of the molecule is CN1C(=O)C(=Cc2ccc(OCc3cccc([N+](=O)[O-])c3)c(Br)c2)N(C)C1=S. The molecule has 7 nitrogen and oxygen atoms in total. The van der Waals surface area contributed by atoms with Crippen molar-refractivity contribution in [2.24, 2.45) is 0 Å². The van der Waals surface area contributed by atoms with Gasteiger partial charge in [0.15, 0.2) is 5.11 Å². The second kappa shape index (κ2) is 8.07. The lowest BCUT2D eigenvalue weighted by Crippen LogP contribution is -2.26. The van der Waals surface area contributed by atoms with Crippen LogP contribution in [0.4, 0.5) is 5.69 Å². The minimum atomic E-state index is -0.438. The summed E-state index contributed by atoms with van der Waals surface area (Å²) in [7, 11) is 3.39. The number of nitro benzene ring substituents is 1. The molecule has 144 valence electrons. The second-order valence-electron chi connectivity index (χ2n) is 6.14. The van der Waals surface area contributed by atoms with E-state index in [-0.39, 0.29) is 18.2 Å². The summed E-state index contributed by atoms with van der Waals surface area (Å²) in [6, 6.07) is 11.7. The molecule has 1 amide bonds. The van der Waals surface area contributed by atoms with E-state index in [4.69, 9.17) is 17.0 Å². The van der Waals surface area contributed by atoms with Crippen LogP contribution in [0, 0.1) is 10.1 Å². The Morgan fingerprint density at radius 3 is 2.57 bits per heavy atom. The van der Waals surface area contributed by atoms with Crippen molar-refractivity contribution in [1.29, 1.82) is 0 Å². The number of nitrogens with zero attached hydrogens (tertiary/aromatic N) is 3. The van der Waals surface area contributed by atoms with Crippen LogP contribution in [0.5, 0.6) is 5.75 Å². The maximum Gasteiger partial charge on any atom is 0.276 e. The van der Waals surface area contributed by atoms with Crippen molar-refractivity contribution < 1.29 is 14.5 Å². The van der Waals surface area contributed by atoms with E-state index in [0.717, 1.165) is 5.56 Å². The molecule has 1 heterocycles. The molecule has 1 aliphatic rings. The van der Waals surface area contributed by atoms with Crippen molar-refractivity contribution in [2.45, 2.75) is 6.61 Å². The van der Waals surface area contributed by atoms with Gasteiger partial charge in [0.2, 0.25) is 0 Å². The van der Waals surface area contributed by atoms with Crippen molar-refractivity contribution in [2.75, 3.05) is 14.1 Å². The highest BCUT2D eigenvalue weighted by molar-refractivity contribution is 9.10. The average molecular weight is 462 g/mol. The van der Waals surface area contributed by atoms with Crippen molar-refractivity contribution in [3.63, 3.8) is 0 Å². The monoisotopic (exact) mass is 461 g/mol. The van der Waals surface area contributed by atoms with Crippen LogP contribution < -0.4 is 4.74 Å². The fourth-order valence-corrected chi connectivity index (χ4v) is 3.38. The van der Waals surface area contributed by atoms with Crippen LogP contribution in [0.15, 0.2) is 52.6 Å². The molecular formula is C19H16BrN3O4S. The lowest BCUT2D eigenvalue weighted by molar-refractivity contribution is -0.384. The summed E-state index contributed by atoms with van der Waals surface area (Å²) in [5.74, 6) is 0.432. The van der Waals surface area contributed by atoms with Crippen LogP contribution in [-0.2, 0) is 11.4 Å². The van der Waals surface area contributed by atoms with Gasteiger partial charge in [-0.2, -0.15) is 0 Å². The van der Waals surface area contributed by atoms with Gasteiger partial charge in [0.25, 0.3) is 11.6 Å². The first-order valence-corrected chi connectivity index (χ1v) is 9.41. The number of thiocarbonyl (C=S) groups is 1. The molecular weight excluding hydrogens is 446 g/mol. The highest BCUT2D eigenvalue weighted by atomic mass is 79.9. The number of likely N-dealkylation sites (N-methyl/N-ethyl adjacent to an activating group) is 2. The summed E-state index contributed by atoms with van der Waals surface area (Å²) in [6.45, 7) is 0.195. The Morgan fingerprint density at radius 1 is 1.21 bits per heavy atom. The number of benzene rings is 2. The molecule has 0 bridgehead atoms. The quantitative estimate of drug-likeness (QED) is 0.290. The summed E-state index contributed by atoms with van der Waals surface area (Å²) in [5.41, 5.74) is 2.02. The molecule has 0 atom stereocenters. The molecule has 2 aromatic carbocycles. The van der Waals surface area contributed by atoms with Gasteiger partial charge in [-0.1, -0.05) is 18.2 Å². The molecule has 1 saturated heterocycles. The number of halogens is 1. The second-order valence-corrected chi connectivity index (χ2v) is 7.36. The average Bonchev–Trinajstić information content (AvgIpc) is 2.85. The third-order valence-electron chi connectivity index (χ3n) is 4.23. The van der Waals surface area contributed by atoms with Crippen LogP contribution in [0.25, 0.3) is 6.08 Å². The van der Waals surface area contributed by atoms with E-state index < -0.39 is 4.92 Å². The Kier molecular flexibility index (Phi) is 5.76. The predicted molar refractivity (Wildman–Crippen MR) is 113 cm³/mol. The number of hydrogen-bond acceptors (Lipinski definition) is 5. The smallest absolute Gasteiger partial charge is 0.276 e. The molecule has 0 aliphatic carbocycles. The number of non-ortho nitro benzene ring substituents is 1. The molecule has 0 unspecified atom stereocenters. The lowest BCUT2D eigenvalue weighted by Gasteiger charge is -2.12. The van der Waals surface area contributed by atoms with E-state index in [1.807, 2.05) is 12.1 Å². The van der Waals surface area contributed by atoms with E-state index in [1.54, 1.807) is 43.3 Å². The standard InChI is InChI=1S/C19H16BrN3O4S/c1-21-16(18(24)22(2)19(21)28)10-12-6-7-17(15(20)9-12)27-11-13-4-3-5-14(8-13)23(25)26/h3-10H,11H2,1-2H3. The minimum Gasteiger partial charge on any atom is -0.488 e. The van der Waals surface area contributed by atoms with Crippen molar-refractivity contribution in [3.8, 4) is 5.75 Å². The fourth-order valence-electron chi connectivity index (χ4n) is 2.69. The molecule has 0 radical (unpaired) electrons. The van der Waals surface area contributed by atoms with Gasteiger partial charge >= 0.3 is 0 Å². The first kappa shape index (κ1) is 20.0. The third kappa shape index (κ3) is 4.05. The number of ether oxygens (including phenoxy) is 1. The Morgan fingerprint density at radius 2 is 1.96 bits per heavy atom. The Hall–Kier alpha value is -2.78. The van der Waals surface area contributed by atoms with Crippen LogP contribution >= 0.6 is 28.1 Å². The van der Waals surface area contributed by atoms with E-state index in [9.17, 15) is 14.9 Å². The molecule has 0 saturated carbocycles. The normalized spacial score (nSPS) is 15.5. The first-order chi connectivity index (χ1) is 13.3. The first-order valence-electron chi connectivity index (χ1n) is 8.21. The maximum absolute atomic E-state index is 12.3. The van der Waals surface area contributed by atoms with E-state index in [1.165, 1.54) is 17.0 Å². The highest BCUT2D eigenvalue weighted by Crippen LogP contribution is 2.29. The van der Waals surface area contributed by atoms with Crippen molar-refractivity contribution in [1.82, 2.24) is 9.80 Å². The van der Waals surface area contributed by atoms with E-state index in [2.05, 4.69) is 15.9 Å². The van der Waals surface area contributed by atoms with Gasteiger partial charge < -0.3 is 9.64 Å². The molecule has 28 heavy (non-hydrogen) atoms. The molecule has 0 spiro atoms. The highest BCUT2D eigenvalue weighted by Gasteiger charge is 2.32. The largest absolute Gasteiger partial charge is 0.488 e. The third-order valence-corrected chi connectivity index (χ3v) is 5.40. The number of hydrogen-bond donors (Lipinski definition) is 0. The molecule has 2 aromatic rings. The van der Waals surface area contributed by atoms with Crippen LogP contribution in [0.1, 0.15) is 11.1 Å². The van der Waals surface area contributed by atoms with Gasteiger partial charge in [-0.3, -0.25) is 19.8 Å². The van der Waals surface area contributed by atoms with Gasteiger partial charge in [0, 0.05) is 26.2 Å².